The first kappa shape index (κ1) is 51.9. The zero-order chi connectivity index (χ0) is 36.6. The Bertz CT molecular complexity index is 1730. The number of hydrogen-bond donors (Lipinski definition) is 3. The molecule has 5 rings (SSSR count). The highest BCUT2D eigenvalue weighted by atomic mass is 36.0. The number of nitrogen functional groups attached to an aromatic ring is 1. The molecule has 4 aromatic rings. The molecule has 4 N–H and O–H groups in total. The van der Waals surface area contributed by atoms with Crippen molar-refractivity contribution < 1.29 is 37.9 Å². The standard InChI is InChI=1S/C8H7Cl2N3.C8H9N3O2.C5H9N3.C5H8O4.2CH4.Cl3OP.FH/c1-2-5-4-11-13-7(10)3-6(9)12-8(5)13;1-2-5-4-9-11-7(13)3-6(12)10-8(5)11;1-2-4-3-7-8-5(4)6;1-8-4(6)3-5(7)9-2;;;1-5(2,3)4;/h3-4H,2H2,1H3;4H,2-3H2,1H3,(H,10,12);3H,2H2,1H3,(H3,6,7,8);3H2,1-2H3;2*1H4;;1H. The van der Waals surface area contributed by atoms with Crippen LogP contribution >= 0.6 is 62.1 Å². The summed E-state index contributed by atoms with van der Waals surface area (Å²) in [7, 11) is 2.43. The molecule has 0 saturated heterocycles. The Morgan fingerprint density at radius 2 is 1.43 bits per heavy atom. The quantitative estimate of drug-likeness (QED) is 0.0768. The van der Waals surface area contributed by atoms with E-state index in [4.69, 9.17) is 28.9 Å². The van der Waals surface area contributed by atoms with Gasteiger partial charge in [-0.25, -0.2) is 9.50 Å². The van der Waals surface area contributed by atoms with Gasteiger partial charge in [-0.2, -0.15) is 20.0 Å². The Morgan fingerprint density at radius 1 is 0.922 bits per heavy atom. The number of amides is 1. The Labute approximate surface area is 319 Å². The van der Waals surface area contributed by atoms with Crippen LogP contribution in [0, 0.1) is 0 Å². The van der Waals surface area contributed by atoms with Gasteiger partial charge >= 0.3 is 17.1 Å². The number of aromatic amines is 1. The second kappa shape index (κ2) is 25.5. The lowest BCUT2D eigenvalue weighted by Gasteiger charge is -2.13. The van der Waals surface area contributed by atoms with Gasteiger partial charge in [0.1, 0.15) is 34.8 Å². The Hall–Kier alpha value is -3.47. The topological polar surface area (TPSA) is 219 Å². The highest BCUT2D eigenvalue weighted by Crippen LogP contribution is 2.61. The number of nitrogens with two attached hydrogens (primary N) is 1. The molecule has 0 radical (unpaired) electrons. The fraction of sp³-hybridized carbons (Fsp3) is 0.429. The van der Waals surface area contributed by atoms with Crippen molar-refractivity contribution in [2.45, 2.75) is 67.7 Å². The SMILES string of the molecule is C.C.CCc1cn[nH]c1N.CCc1cnn2c(Cl)cc(Cl)nc12.CCc1cnn2c1NC(=O)CC2=O.COC(=O)CC(=O)OC.F.O=P(Cl)(Cl)Cl. The van der Waals surface area contributed by atoms with Crippen molar-refractivity contribution in [2.24, 2.45) is 0 Å². The van der Waals surface area contributed by atoms with E-state index in [9.17, 15) is 23.7 Å². The summed E-state index contributed by atoms with van der Waals surface area (Å²) < 4.78 is 20.7. The van der Waals surface area contributed by atoms with Crippen LogP contribution in [-0.2, 0) is 47.7 Å². The van der Waals surface area contributed by atoms with Gasteiger partial charge in [0.2, 0.25) is 5.91 Å². The lowest BCUT2D eigenvalue weighted by molar-refractivity contribution is -0.151. The Morgan fingerprint density at radius 3 is 1.86 bits per heavy atom. The Kier molecular flexibility index (Phi) is 25.9. The largest absolute Gasteiger partial charge is 0.469 e. The summed E-state index contributed by atoms with van der Waals surface area (Å²) in [5, 5.41) is 14.7. The molecule has 0 saturated carbocycles. The smallest absolute Gasteiger partial charge is 0.339 e. The van der Waals surface area contributed by atoms with E-state index in [1.54, 1.807) is 29.2 Å². The molecular formula is C28H42Cl5FN9O7P. The lowest BCUT2D eigenvalue weighted by Crippen LogP contribution is -2.30. The minimum absolute atomic E-state index is 0. The summed E-state index contributed by atoms with van der Waals surface area (Å²) in [6.45, 7) is 6.03. The van der Waals surface area contributed by atoms with Crippen LogP contribution < -0.4 is 11.1 Å². The van der Waals surface area contributed by atoms with Crippen LogP contribution in [-0.4, -0.2) is 72.5 Å². The fourth-order valence-electron chi connectivity index (χ4n) is 3.41. The molecule has 4 aromatic heterocycles. The van der Waals surface area contributed by atoms with Gasteiger partial charge < -0.3 is 20.5 Å². The number of rotatable bonds is 5. The summed E-state index contributed by atoms with van der Waals surface area (Å²) in [6, 6.07) is 1.57. The molecule has 0 unspecified atom stereocenters. The van der Waals surface area contributed by atoms with E-state index in [-0.39, 0.29) is 44.2 Å². The van der Waals surface area contributed by atoms with Gasteiger partial charge in [0.15, 0.2) is 5.65 Å². The van der Waals surface area contributed by atoms with E-state index in [1.807, 2.05) is 20.8 Å². The fourth-order valence-corrected chi connectivity index (χ4v) is 3.88. The maximum atomic E-state index is 11.3. The monoisotopic (exact) mass is 841 g/mol. The lowest BCUT2D eigenvalue weighted by atomic mass is 10.2. The third-order valence-electron chi connectivity index (χ3n) is 5.76. The number of fused-ring (bicyclic) bond motifs is 2. The second-order valence-electron chi connectivity index (χ2n) is 8.95. The van der Waals surface area contributed by atoms with Crippen molar-refractivity contribution in [3.63, 3.8) is 0 Å². The van der Waals surface area contributed by atoms with Crippen molar-refractivity contribution in [2.75, 3.05) is 25.3 Å². The van der Waals surface area contributed by atoms with Crippen LogP contribution in [0.1, 0.15) is 70.0 Å². The van der Waals surface area contributed by atoms with Gasteiger partial charge in [0.25, 0.3) is 5.91 Å². The number of halogens is 6. The molecule has 1 aliphatic heterocycles. The number of aromatic nitrogens is 7. The van der Waals surface area contributed by atoms with Crippen molar-refractivity contribution in [1.29, 1.82) is 0 Å². The van der Waals surface area contributed by atoms with E-state index < -0.39 is 17.1 Å². The van der Waals surface area contributed by atoms with Crippen molar-refractivity contribution in [3.8, 4) is 0 Å². The minimum atomic E-state index is -3.22. The van der Waals surface area contributed by atoms with Crippen LogP contribution in [0.2, 0.25) is 10.3 Å². The number of aryl methyl sites for hydroxylation is 3. The summed E-state index contributed by atoms with van der Waals surface area (Å²) in [5.41, 5.74) is 9.19. The number of H-pyrrole nitrogens is 1. The molecule has 0 aliphatic carbocycles. The molecule has 0 fully saturated rings. The highest BCUT2D eigenvalue weighted by Gasteiger charge is 2.24. The first-order valence-electron chi connectivity index (χ1n) is 13.7. The van der Waals surface area contributed by atoms with Gasteiger partial charge in [-0.05, 0) is 53.0 Å². The van der Waals surface area contributed by atoms with E-state index in [0.29, 0.717) is 21.9 Å². The number of methoxy groups -OCH3 is 2. The van der Waals surface area contributed by atoms with Gasteiger partial charge in [0.05, 0.1) is 32.8 Å². The number of carbonyl (C=O) groups excluding carboxylic acids is 4. The summed E-state index contributed by atoms with van der Waals surface area (Å²) >= 11 is 25.5. The third-order valence-corrected chi connectivity index (χ3v) is 6.22. The predicted octanol–water partition coefficient (Wildman–Crippen LogP) is 7.54. The molecule has 0 spiro atoms. The maximum absolute atomic E-state index is 11.3. The number of anilines is 2. The van der Waals surface area contributed by atoms with Crippen LogP contribution in [0.15, 0.2) is 24.7 Å². The maximum Gasteiger partial charge on any atom is 0.339 e. The molecule has 51 heavy (non-hydrogen) atoms. The molecule has 0 bridgehead atoms. The number of carbonyl (C=O) groups is 4. The van der Waals surface area contributed by atoms with E-state index in [1.165, 1.54) is 18.9 Å². The number of esters is 2. The molecule has 288 valence electrons. The first-order chi connectivity index (χ1) is 22.5. The van der Waals surface area contributed by atoms with E-state index in [0.717, 1.165) is 41.6 Å². The zero-order valence-corrected chi connectivity index (χ0v) is 31.4. The molecule has 0 aromatic carbocycles. The third kappa shape index (κ3) is 18.5. The summed E-state index contributed by atoms with van der Waals surface area (Å²) in [6.07, 6.45) is 7.25. The van der Waals surface area contributed by atoms with Crippen molar-refractivity contribution in [1.82, 2.24) is 34.6 Å². The van der Waals surface area contributed by atoms with Crippen LogP contribution in [0.3, 0.4) is 0 Å². The first-order valence-corrected chi connectivity index (χ1v) is 18.9. The van der Waals surface area contributed by atoms with Gasteiger partial charge in [0, 0.05) is 22.8 Å². The van der Waals surface area contributed by atoms with E-state index in [2.05, 4.69) is 73.9 Å². The van der Waals surface area contributed by atoms with Crippen LogP contribution in [0.5, 0.6) is 0 Å². The highest BCUT2D eigenvalue weighted by molar-refractivity contribution is 8.24. The minimum Gasteiger partial charge on any atom is -0.469 e. The second-order valence-corrected chi connectivity index (χ2v) is 16.4. The number of nitrogens with one attached hydrogen (secondary N) is 2. The van der Waals surface area contributed by atoms with Gasteiger partial charge in [-0.15, -0.1) is 0 Å². The van der Waals surface area contributed by atoms with Crippen molar-refractivity contribution >= 4 is 103 Å². The molecule has 1 amide bonds. The number of ether oxygens (including phenoxy) is 2. The van der Waals surface area contributed by atoms with E-state index >= 15 is 0 Å². The van der Waals surface area contributed by atoms with Crippen LogP contribution in [0.4, 0.5) is 16.3 Å². The average molecular weight is 844 g/mol. The zero-order valence-electron chi connectivity index (χ0n) is 26.7. The van der Waals surface area contributed by atoms with Gasteiger partial charge in [-0.1, -0.05) is 58.8 Å². The summed E-state index contributed by atoms with van der Waals surface area (Å²) in [5.74, 6) is -0.467. The molecular weight excluding hydrogens is 802 g/mol. The predicted molar refractivity (Wildman–Crippen MR) is 200 cm³/mol. The van der Waals surface area contributed by atoms with Crippen LogP contribution in [0.25, 0.3) is 5.65 Å². The molecule has 16 nitrogen and oxygen atoms in total. The molecule has 1 aliphatic rings. The number of nitrogens with zero attached hydrogens (tertiary/aromatic N) is 6. The average Bonchev–Trinajstić information content (AvgIpc) is 3.75. The molecule has 23 heteroatoms. The van der Waals surface area contributed by atoms with Crippen molar-refractivity contribution in [3.05, 3.63) is 51.7 Å². The number of hydrogen-bond acceptors (Lipinski definition) is 12. The molecule has 5 heterocycles. The Balaban J connectivity index is -0.000000576. The summed E-state index contributed by atoms with van der Waals surface area (Å²) in [4.78, 5) is 47.0. The normalized spacial score (nSPS) is 10.9. The van der Waals surface area contributed by atoms with Gasteiger partial charge in [-0.3, -0.25) is 33.5 Å². The molecule has 0 atom stereocenters.